The number of amides is 1. The number of carbonyl (C=O) groups is 1. The molecule has 1 aliphatic heterocycles. The Morgan fingerprint density at radius 2 is 1.85 bits per heavy atom. The summed E-state index contributed by atoms with van der Waals surface area (Å²) in [5.74, 6) is 1.02. The molecule has 2 nitrogen and oxygen atoms in total. The molecular formula is C18H25NO. The Kier molecular flexibility index (Phi) is 3.82. The Morgan fingerprint density at radius 3 is 2.60 bits per heavy atom. The van der Waals surface area contributed by atoms with Crippen LogP contribution in [0.2, 0.25) is 0 Å². The lowest BCUT2D eigenvalue weighted by Crippen LogP contribution is -2.39. The van der Waals surface area contributed by atoms with Crippen molar-refractivity contribution in [3.63, 3.8) is 0 Å². The monoisotopic (exact) mass is 271 g/mol. The zero-order valence-electron chi connectivity index (χ0n) is 12.7. The van der Waals surface area contributed by atoms with Gasteiger partial charge in [0.15, 0.2) is 0 Å². The van der Waals surface area contributed by atoms with Gasteiger partial charge in [-0.2, -0.15) is 0 Å². The van der Waals surface area contributed by atoms with E-state index in [1.807, 2.05) is 6.92 Å². The Morgan fingerprint density at radius 1 is 1.10 bits per heavy atom. The molecule has 1 aromatic rings. The SMILES string of the molecule is Cc1ccc(C)c(C(=O)N2CCCC2C2CCCC2)c1. The summed E-state index contributed by atoms with van der Waals surface area (Å²) in [6.45, 7) is 5.06. The molecule has 1 amide bonds. The maximum atomic E-state index is 12.9. The summed E-state index contributed by atoms with van der Waals surface area (Å²) in [6, 6.07) is 6.72. The number of nitrogens with zero attached hydrogens (tertiary/aromatic N) is 1. The molecule has 2 heteroatoms. The lowest BCUT2D eigenvalue weighted by molar-refractivity contribution is 0.0688. The number of aryl methyl sites for hydroxylation is 2. The standard InChI is InChI=1S/C18H25NO/c1-13-9-10-14(2)16(12-13)18(20)19-11-5-8-17(19)15-6-3-4-7-15/h9-10,12,15,17H,3-8,11H2,1-2H3. The van der Waals surface area contributed by atoms with Crippen molar-refractivity contribution in [2.75, 3.05) is 6.54 Å². The Hall–Kier alpha value is -1.31. The van der Waals surface area contributed by atoms with Crippen LogP contribution in [0.5, 0.6) is 0 Å². The summed E-state index contributed by atoms with van der Waals surface area (Å²) >= 11 is 0. The predicted molar refractivity (Wildman–Crippen MR) is 81.9 cm³/mol. The molecular weight excluding hydrogens is 246 g/mol. The van der Waals surface area contributed by atoms with Gasteiger partial charge in [0, 0.05) is 18.2 Å². The summed E-state index contributed by atoms with van der Waals surface area (Å²) in [4.78, 5) is 15.1. The van der Waals surface area contributed by atoms with Crippen LogP contribution in [0.1, 0.15) is 60.0 Å². The van der Waals surface area contributed by atoms with Crippen LogP contribution in [-0.2, 0) is 0 Å². The average molecular weight is 271 g/mol. The van der Waals surface area contributed by atoms with Crippen molar-refractivity contribution in [2.45, 2.75) is 58.4 Å². The number of rotatable bonds is 2. The van der Waals surface area contributed by atoms with E-state index in [0.29, 0.717) is 6.04 Å². The second-order valence-electron chi connectivity index (χ2n) is 6.57. The van der Waals surface area contributed by atoms with E-state index in [9.17, 15) is 4.79 Å². The molecule has 2 fully saturated rings. The second kappa shape index (κ2) is 5.59. The van der Waals surface area contributed by atoms with Gasteiger partial charge >= 0.3 is 0 Å². The molecule has 1 saturated heterocycles. The minimum Gasteiger partial charge on any atom is -0.335 e. The molecule has 3 rings (SSSR count). The summed E-state index contributed by atoms with van der Waals surface area (Å²) < 4.78 is 0. The van der Waals surface area contributed by atoms with Crippen LogP contribution >= 0.6 is 0 Å². The molecule has 0 N–H and O–H groups in total. The van der Waals surface area contributed by atoms with E-state index in [1.165, 1.54) is 44.1 Å². The fourth-order valence-corrected chi connectivity index (χ4v) is 4.00. The first-order valence-electron chi connectivity index (χ1n) is 8.05. The van der Waals surface area contributed by atoms with Gasteiger partial charge in [0.1, 0.15) is 0 Å². The second-order valence-corrected chi connectivity index (χ2v) is 6.57. The highest BCUT2D eigenvalue weighted by Gasteiger charge is 2.36. The van der Waals surface area contributed by atoms with E-state index in [4.69, 9.17) is 0 Å². The minimum atomic E-state index is 0.264. The van der Waals surface area contributed by atoms with Crippen LogP contribution in [0.25, 0.3) is 0 Å². The summed E-state index contributed by atoms with van der Waals surface area (Å²) in [5.41, 5.74) is 3.20. The van der Waals surface area contributed by atoms with E-state index in [2.05, 4.69) is 30.0 Å². The predicted octanol–water partition coefficient (Wildman–Crippen LogP) is 4.10. The topological polar surface area (TPSA) is 20.3 Å². The van der Waals surface area contributed by atoms with Gasteiger partial charge in [-0.3, -0.25) is 4.79 Å². The lowest BCUT2D eigenvalue weighted by Gasteiger charge is -2.30. The molecule has 1 heterocycles. The smallest absolute Gasteiger partial charge is 0.254 e. The molecule has 1 atom stereocenters. The van der Waals surface area contributed by atoms with Gasteiger partial charge in [-0.1, -0.05) is 30.5 Å². The molecule has 108 valence electrons. The summed E-state index contributed by atoms with van der Waals surface area (Å²) in [7, 11) is 0. The van der Waals surface area contributed by atoms with Gasteiger partial charge in [-0.25, -0.2) is 0 Å². The van der Waals surface area contributed by atoms with E-state index in [0.717, 1.165) is 23.6 Å². The highest BCUT2D eigenvalue weighted by molar-refractivity contribution is 5.96. The van der Waals surface area contributed by atoms with Crippen LogP contribution in [-0.4, -0.2) is 23.4 Å². The zero-order valence-corrected chi connectivity index (χ0v) is 12.7. The minimum absolute atomic E-state index is 0.264. The van der Waals surface area contributed by atoms with Crippen LogP contribution in [0.4, 0.5) is 0 Å². The third-order valence-electron chi connectivity index (χ3n) is 5.13. The Labute approximate surface area is 122 Å². The molecule has 0 bridgehead atoms. The molecule has 0 aromatic heterocycles. The average Bonchev–Trinajstić information content (AvgIpc) is 3.10. The van der Waals surface area contributed by atoms with Gasteiger partial charge in [-0.05, 0) is 57.1 Å². The lowest BCUT2D eigenvalue weighted by atomic mass is 9.95. The highest BCUT2D eigenvalue weighted by Crippen LogP contribution is 2.36. The van der Waals surface area contributed by atoms with Crippen LogP contribution in [0.15, 0.2) is 18.2 Å². The maximum absolute atomic E-state index is 12.9. The van der Waals surface area contributed by atoms with E-state index in [-0.39, 0.29) is 5.91 Å². The Bertz CT molecular complexity index is 502. The van der Waals surface area contributed by atoms with Crippen molar-refractivity contribution in [1.29, 1.82) is 0 Å². The summed E-state index contributed by atoms with van der Waals surface area (Å²) in [6.07, 6.45) is 7.74. The van der Waals surface area contributed by atoms with Gasteiger partial charge in [0.05, 0.1) is 0 Å². The van der Waals surface area contributed by atoms with Gasteiger partial charge in [0.25, 0.3) is 5.91 Å². The van der Waals surface area contributed by atoms with E-state index >= 15 is 0 Å². The van der Waals surface area contributed by atoms with Gasteiger partial charge in [-0.15, -0.1) is 0 Å². The van der Waals surface area contributed by atoms with Crippen LogP contribution < -0.4 is 0 Å². The van der Waals surface area contributed by atoms with Crippen molar-refractivity contribution in [3.05, 3.63) is 34.9 Å². The number of carbonyl (C=O) groups excluding carboxylic acids is 1. The van der Waals surface area contributed by atoms with Crippen molar-refractivity contribution in [3.8, 4) is 0 Å². The quantitative estimate of drug-likeness (QED) is 0.793. The van der Waals surface area contributed by atoms with Gasteiger partial charge in [0.2, 0.25) is 0 Å². The fraction of sp³-hybridized carbons (Fsp3) is 0.611. The van der Waals surface area contributed by atoms with E-state index < -0.39 is 0 Å². The molecule has 1 aromatic carbocycles. The number of hydrogen-bond acceptors (Lipinski definition) is 1. The highest BCUT2D eigenvalue weighted by atomic mass is 16.2. The molecule has 1 aliphatic carbocycles. The normalized spacial score (nSPS) is 23.5. The number of benzene rings is 1. The fourth-order valence-electron chi connectivity index (χ4n) is 4.00. The first-order chi connectivity index (χ1) is 9.66. The third kappa shape index (κ3) is 2.48. The largest absolute Gasteiger partial charge is 0.335 e. The van der Waals surface area contributed by atoms with Crippen molar-refractivity contribution >= 4 is 5.91 Å². The number of hydrogen-bond donors (Lipinski definition) is 0. The molecule has 20 heavy (non-hydrogen) atoms. The Balaban J connectivity index is 1.83. The summed E-state index contributed by atoms with van der Waals surface area (Å²) in [5, 5.41) is 0. The molecule has 2 aliphatic rings. The van der Waals surface area contributed by atoms with Crippen molar-refractivity contribution in [2.24, 2.45) is 5.92 Å². The van der Waals surface area contributed by atoms with Crippen LogP contribution in [0, 0.1) is 19.8 Å². The molecule has 0 spiro atoms. The molecule has 1 unspecified atom stereocenters. The van der Waals surface area contributed by atoms with Gasteiger partial charge < -0.3 is 4.90 Å². The van der Waals surface area contributed by atoms with Crippen LogP contribution in [0.3, 0.4) is 0 Å². The third-order valence-corrected chi connectivity index (χ3v) is 5.13. The van der Waals surface area contributed by atoms with E-state index in [1.54, 1.807) is 0 Å². The first-order valence-corrected chi connectivity index (χ1v) is 8.05. The molecule has 1 saturated carbocycles. The maximum Gasteiger partial charge on any atom is 0.254 e. The zero-order chi connectivity index (χ0) is 14.1. The molecule has 0 radical (unpaired) electrons. The number of likely N-dealkylation sites (tertiary alicyclic amines) is 1. The van der Waals surface area contributed by atoms with Crippen molar-refractivity contribution < 1.29 is 4.79 Å². The first kappa shape index (κ1) is 13.7. The van der Waals surface area contributed by atoms with Crippen molar-refractivity contribution in [1.82, 2.24) is 4.90 Å².